The molecule has 0 bridgehead atoms. The minimum absolute atomic E-state index is 0.344. The number of aldehydes is 1. The number of carbonyl (C=O) groups excluding carboxylic acids is 1. The molecule has 0 unspecified atom stereocenters. The van der Waals surface area contributed by atoms with Gasteiger partial charge in [-0.2, -0.15) is 0 Å². The fourth-order valence-corrected chi connectivity index (χ4v) is 1.29. The summed E-state index contributed by atoms with van der Waals surface area (Å²) in [6, 6.07) is 4.95. The smallest absolute Gasteiger partial charge is 0.145 e. The van der Waals surface area contributed by atoms with Crippen LogP contribution in [0.15, 0.2) is 28.2 Å². The lowest BCUT2D eigenvalue weighted by molar-refractivity contribution is -0.104. The average molecular weight is 243 g/mol. The number of rotatable bonds is 2. The molecule has 0 radical (unpaired) electrons. The Kier molecular flexibility index (Phi) is 3.37. The predicted octanol–water partition coefficient (Wildman–Crippen LogP) is 3.19. The quantitative estimate of drug-likeness (QED) is 0.575. The van der Waals surface area contributed by atoms with Gasteiger partial charge in [-0.15, -0.1) is 0 Å². The molecule has 0 aliphatic rings. The van der Waals surface area contributed by atoms with Crippen LogP contribution in [-0.2, 0) is 4.79 Å². The highest BCUT2D eigenvalue weighted by molar-refractivity contribution is 9.10. The molecule has 13 heavy (non-hydrogen) atoms. The van der Waals surface area contributed by atoms with E-state index in [1.807, 2.05) is 0 Å². The molecule has 1 aromatic rings. The van der Waals surface area contributed by atoms with E-state index >= 15 is 0 Å². The van der Waals surface area contributed by atoms with Crippen molar-refractivity contribution in [2.45, 2.75) is 6.92 Å². The highest BCUT2D eigenvalue weighted by Crippen LogP contribution is 2.20. The van der Waals surface area contributed by atoms with E-state index in [4.69, 9.17) is 0 Å². The van der Waals surface area contributed by atoms with Gasteiger partial charge in [-0.3, -0.25) is 4.79 Å². The van der Waals surface area contributed by atoms with Crippen LogP contribution >= 0.6 is 15.9 Å². The molecule has 0 aliphatic heterocycles. The van der Waals surface area contributed by atoms with Crippen LogP contribution < -0.4 is 0 Å². The fraction of sp³-hybridized carbons (Fsp3) is 0.100. The summed E-state index contributed by atoms with van der Waals surface area (Å²) in [6.45, 7) is 1.63. The summed E-state index contributed by atoms with van der Waals surface area (Å²) in [6.07, 6.45) is 2.20. The maximum atomic E-state index is 13.3. The third-order valence-electron chi connectivity index (χ3n) is 1.55. The summed E-state index contributed by atoms with van der Waals surface area (Å²) in [7, 11) is 0. The van der Waals surface area contributed by atoms with Gasteiger partial charge in [0.2, 0.25) is 0 Å². The molecule has 3 heteroatoms. The molecule has 0 heterocycles. The van der Waals surface area contributed by atoms with Gasteiger partial charge in [0.15, 0.2) is 0 Å². The first-order valence-electron chi connectivity index (χ1n) is 3.72. The maximum absolute atomic E-state index is 13.3. The largest absolute Gasteiger partial charge is 0.298 e. The van der Waals surface area contributed by atoms with E-state index in [2.05, 4.69) is 15.9 Å². The van der Waals surface area contributed by atoms with E-state index in [-0.39, 0.29) is 5.82 Å². The Balaban J connectivity index is 3.16. The lowest BCUT2D eigenvalue weighted by atomic mass is 10.1. The van der Waals surface area contributed by atoms with Crippen LogP contribution in [0, 0.1) is 5.82 Å². The maximum Gasteiger partial charge on any atom is 0.145 e. The molecule has 0 aromatic heterocycles. The second-order valence-electron chi connectivity index (χ2n) is 2.65. The lowest BCUT2D eigenvalue weighted by Crippen LogP contribution is -1.85. The molecule has 0 spiro atoms. The summed E-state index contributed by atoms with van der Waals surface area (Å²) in [5.41, 5.74) is 0.913. The molecule has 1 nitrogen and oxygen atoms in total. The molecular weight excluding hydrogens is 235 g/mol. The van der Waals surface area contributed by atoms with Crippen molar-refractivity contribution in [3.63, 3.8) is 0 Å². The number of allylic oxidation sites excluding steroid dienone is 1. The third kappa shape index (κ3) is 2.49. The molecule has 0 saturated heterocycles. The molecule has 1 rings (SSSR count). The summed E-state index contributed by atoms with van der Waals surface area (Å²) in [5.74, 6) is -0.344. The normalized spacial score (nSPS) is 11.5. The van der Waals surface area contributed by atoms with Gasteiger partial charge in [-0.05, 0) is 40.6 Å². The van der Waals surface area contributed by atoms with Crippen molar-refractivity contribution in [2.75, 3.05) is 0 Å². The minimum atomic E-state index is -0.344. The highest BCUT2D eigenvalue weighted by Gasteiger charge is 2.02. The van der Waals surface area contributed by atoms with Crippen LogP contribution in [0.4, 0.5) is 4.39 Å². The van der Waals surface area contributed by atoms with Gasteiger partial charge >= 0.3 is 0 Å². The third-order valence-corrected chi connectivity index (χ3v) is 2.16. The first kappa shape index (κ1) is 10.1. The second kappa shape index (κ2) is 4.33. The monoisotopic (exact) mass is 242 g/mol. The van der Waals surface area contributed by atoms with Crippen LogP contribution in [0.3, 0.4) is 0 Å². The van der Waals surface area contributed by atoms with E-state index in [0.717, 1.165) is 0 Å². The second-order valence-corrected chi connectivity index (χ2v) is 3.50. The van der Waals surface area contributed by atoms with Crippen molar-refractivity contribution in [3.8, 4) is 0 Å². The van der Waals surface area contributed by atoms with E-state index in [9.17, 15) is 9.18 Å². The summed E-state index contributed by atoms with van der Waals surface area (Å²) >= 11 is 3.07. The molecule has 0 atom stereocenters. The number of benzene rings is 1. The molecule has 1 aromatic carbocycles. The van der Waals surface area contributed by atoms with Gasteiger partial charge in [0.1, 0.15) is 12.1 Å². The Morgan fingerprint density at radius 2 is 2.23 bits per heavy atom. The molecular formula is C10H8BrFO. The average Bonchev–Trinajstić information content (AvgIpc) is 2.13. The Bertz CT molecular complexity index is 358. The Hall–Kier alpha value is -0.960. The van der Waals surface area contributed by atoms with Crippen molar-refractivity contribution in [2.24, 2.45) is 0 Å². The lowest BCUT2D eigenvalue weighted by Gasteiger charge is -1.98. The van der Waals surface area contributed by atoms with Gasteiger partial charge in [-0.25, -0.2) is 4.39 Å². The molecule has 0 saturated carbocycles. The van der Waals surface area contributed by atoms with Crippen LogP contribution in [0.1, 0.15) is 12.5 Å². The first-order valence-corrected chi connectivity index (χ1v) is 4.52. The number of hydrogen-bond acceptors (Lipinski definition) is 1. The first-order chi connectivity index (χ1) is 6.15. The van der Waals surface area contributed by atoms with Crippen LogP contribution in [0.25, 0.3) is 6.08 Å². The number of halogens is 2. The Labute approximate surface area is 84.4 Å². The van der Waals surface area contributed by atoms with E-state index in [0.29, 0.717) is 21.9 Å². The molecule has 0 aliphatic carbocycles. The van der Waals surface area contributed by atoms with Crippen molar-refractivity contribution < 1.29 is 9.18 Å². The van der Waals surface area contributed by atoms with Gasteiger partial charge in [0.05, 0.1) is 4.47 Å². The van der Waals surface area contributed by atoms with Crippen LogP contribution in [0.5, 0.6) is 0 Å². The number of hydrogen-bond donors (Lipinski definition) is 0. The van der Waals surface area contributed by atoms with E-state index in [1.165, 1.54) is 6.08 Å². The molecule has 0 N–H and O–H groups in total. The highest BCUT2D eigenvalue weighted by atomic mass is 79.9. The van der Waals surface area contributed by atoms with Crippen molar-refractivity contribution in [3.05, 3.63) is 39.6 Å². The molecule has 68 valence electrons. The molecule has 0 amide bonds. The predicted molar refractivity (Wildman–Crippen MR) is 53.8 cm³/mol. The zero-order chi connectivity index (χ0) is 9.84. The van der Waals surface area contributed by atoms with E-state index < -0.39 is 0 Å². The van der Waals surface area contributed by atoms with E-state index in [1.54, 1.807) is 25.1 Å². The number of carbonyl (C=O) groups is 1. The Morgan fingerprint density at radius 1 is 1.54 bits per heavy atom. The SMILES string of the molecule is C/C(C=O)=C/c1cccc(Br)c1F. The van der Waals surface area contributed by atoms with Gasteiger partial charge in [0.25, 0.3) is 0 Å². The summed E-state index contributed by atoms with van der Waals surface area (Å²) in [4.78, 5) is 10.3. The fourth-order valence-electron chi connectivity index (χ4n) is 0.911. The van der Waals surface area contributed by atoms with Crippen molar-refractivity contribution >= 4 is 28.3 Å². The van der Waals surface area contributed by atoms with Gasteiger partial charge < -0.3 is 0 Å². The molecule has 0 fully saturated rings. The van der Waals surface area contributed by atoms with Crippen LogP contribution in [0.2, 0.25) is 0 Å². The zero-order valence-electron chi connectivity index (χ0n) is 7.05. The summed E-state index contributed by atoms with van der Waals surface area (Å²) in [5, 5.41) is 0. The van der Waals surface area contributed by atoms with Gasteiger partial charge in [0, 0.05) is 5.56 Å². The zero-order valence-corrected chi connectivity index (χ0v) is 8.64. The van der Waals surface area contributed by atoms with Gasteiger partial charge in [-0.1, -0.05) is 12.1 Å². The van der Waals surface area contributed by atoms with Crippen molar-refractivity contribution in [1.82, 2.24) is 0 Å². The topological polar surface area (TPSA) is 17.1 Å². The Morgan fingerprint density at radius 3 is 2.85 bits per heavy atom. The minimum Gasteiger partial charge on any atom is -0.298 e. The summed E-state index contributed by atoms with van der Waals surface area (Å²) < 4.78 is 13.7. The standard InChI is InChI=1S/C10H8BrFO/c1-7(6-13)5-8-3-2-4-9(11)10(8)12/h2-6H,1H3/b7-5-. The van der Waals surface area contributed by atoms with Crippen LogP contribution in [-0.4, -0.2) is 6.29 Å². The van der Waals surface area contributed by atoms with Crippen molar-refractivity contribution in [1.29, 1.82) is 0 Å².